The summed E-state index contributed by atoms with van der Waals surface area (Å²) in [6.45, 7) is 2.84. The van der Waals surface area contributed by atoms with Crippen molar-refractivity contribution in [3.05, 3.63) is 66.3 Å². The number of aryl methyl sites for hydroxylation is 1. The van der Waals surface area contributed by atoms with Crippen LogP contribution in [0.4, 0.5) is 15.9 Å². The predicted octanol–water partition coefficient (Wildman–Crippen LogP) is 1.96. The van der Waals surface area contributed by atoms with Gasteiger partial charge in [-0.25, -0.2) is 20.2 Å². The van der Waals surface area contributed by atoms with Crippen LogP contribution in [0.2, 0.25) is 0 Å². The fraction of sp³-hybridized carbons (Fsp3) is 0.200. The zero-order valence-corrected chi connectivity index (χ0v) is 16.3. The number of benzene rings is 1. The van der Waals surface area contributed by atoms with E-state index < -0.39 is 5.82 Å². The Morgan fingerprint density at radius 2 is 2.03 bits per heavy atom. The maximum absolute atomic E-state index is 14.2. The predicted molar refractivity (Wildman–Crippen MR) is 110 cm³/mol. The van der Waals surface area contributed by atoms with Gasteiger partial charge in [0.15, 0.2) is 0 Å². The van der Waals surface area contributed by atoms with Crippen molar-refractivity contribution >= 4 is 17.2 Å². The molecule has 1 aliphatic rings. The molecule has 0 saturated carbocycles. The number of rotatable bonds is 6. The molecule has 4 rings (SSSR count). The van der Waals surface area contributed by atoms with Crippen molar-refractivity contribution in [2.24, 2.45) is 11.6 Å². The maximum Gasteiger partial charge on any atom is 0.134 e. The molecule has 0 aliphatic carbocycles. The van der Waals surface area contributed by atoms with Gasteiger partial charge < -0.3 is 20.8 Å². The van der Waals surface area contributed by atoms with Gasteiger partial charge in [0.05, 0.1) is 36.8 Å². The van der Waals surface area contributed by atoms with Crippen LogP contribution in [0, 0.1) is 12.7 Å². The molecule has 5 N–H and O–H groups in total. The standard InChI is InChI=1S/C20H21FN8O/c1-12-26-18(19-8-24-2-3-25-19)7-20(27-12)28-15-5-13(4-14(21)6-15)17(22)9-29(23)16-10-30-11-16/h2-9,16H,10-11,22-23H2,1H3,(H,26,27,28)/b17-9-. The van der Waals surface area contributed by atoms with E-state index >= 15 is 0 Å². The summed E-state index contributed by atoms with van der Waals surface area (Å²) in [7, 11) is 0. The average molecular weight is 408 g/mol. The number of aromatic nitrogens is 4. The van der Waals surface area contributed by atoms with E-state index in [2.05, 4.69) is 25.3 Å². The monoisotopic (exact) mass is 408 g/mol. The van der Waals surface area contributed by atoms with Crippen molar-refractivity contribution in [1.29, 1.82) is 0 Å². The van der Waals surface area contributed by atoms with Crippen LogP contribution in [0.15, 0.2) is 49.1 Å². The Morgan fingerprint density at radius 1 is 1.20 bits per heavy atom. The Labute approximate surface area is 172 Å². The first-order valence-corrected chi connectivity index (χ1v) is 9.26. The van der Waals surface area contributed by atoms with Gasteiger partial charge in [-0.3, -0.25) is 9.97 Å². The number of anilines is 2. The molecule has 3 aromatic rings. The molecule has 1 aromatic carbocycles. The van der Waals surface area contributed by atoms with Gasteiger partial charge >= 0.3 is 0 Å². The summed E-state index contributed by atoms with van der Waals surface area (Å²) in [5, 5.41) is 4.59. The van der Waals surface area contributed by atoms with Gasteiger partial charge in [0, 0.05) is 35.9 Å². The highest BCUT2D eigenvalue weighted by Crippen LogP contribution is 2.24. The molecule has 154 valence electrons. The largest absolute Gasteiger partial charge is 0.397 e. The van der Waals surface area contributed by atoms with Gasteiger partial charge in [-0.05, 0) is 25.1 Å². The van der Waals surface area contributed by atoms with Crippen LogP contribution >= 0.6 is 0 Å². The third-order valence-electron chi connectivity index (χ3n) is 4.50. The van der Waals surface area contributed by atoms with Gasteiger partial charge in [0.25, 0.3) is 0 Å². The summed E-state index contributed by atoms with van der Waals surface area (Å²) in [5.41, 5.74) is 8.67. The van der Waals surface area contributed by atoms with Crippen molar-refractivity contribution in [2.45, 2.75) is 13.0 Å². The van der Waals surface area contributed by atoms with Gasteiger partial charge in [-0.1, -0.05) is 0 Å². The Balaban J connectivity index is 1.59. The first kappa shape index (κ1) is 19.7. The number of ether oxygens (including phenoxy) is 1. The molecule has 1 saturated heterocycles. The van der Waals surface area contributed by atoms with E-state index in [0.29, 0.717) is 53.2 Å². The molecule has 30 heavy (non-hydrogen) atoms. The van der Waals surface area contributed by atoms with Crippen molar-refractivity contribution < 1.29 is 9.13 Å². The van der Waals surface area contributed by atoms with Crippen LogP contribution in [0.1, 0.15) is 11.4 Å². The molecule has 0 atom stereocenters. The lowest BCUT2D eigenvalue weighted by molar-refractivity contribution is -0.0489. The van der Waals surface area contributed by atoms with Crippen LogP contribution in [-0.2, 0) is 4.74 Å². The van der Waals surface area contributed by atoms with E-state index in [1.807, 2.05) is 0 Å². The second kappa shape index (κ2) is 8.39. The fourth-order valence-electron chi connectivity index (χ4n) is 2.91. The zero-order valence-electron chi connectivity index (χ0n) is 16.3. The summed E-state index contributed by atoms with van der Waals surface area (Å²) in [6, 6.07) is 6.21. The van der Waals surface area contributed by atoms with Crippen LogP contribution < -0.4 is 16.9 Å². The number of nitrogens with one attached hydrogen (secondary N) is 1. The van der Waals surface area contributed by atoms with Crippen LogP contribution in [0.5, 0.6) is 0 Å². The van der Waals surface area contributed by atoms with E-state index in [-0.39, 0.29) is 6.04 Å². The SMILES string of the molecule is Cc1nc(Nc2cc(F)cc(/C(N)=C/N(N)C3COC3)c2)cc(-c2cnccn2)n1. The molecule has 0 radical (unpaired) electrons. The van der Waals surface area contributed by atoms with Gasteiger partial charge in [0.1, 0.15) is 23.2 Å². The fourth-order valence-corrected chi connectivity index (χ4v) is 2.91. The van der Waals surface area contributed by atoms with Crippen LogP contribution in [-0.4, -0.2) is 44.2 Å². The third kappa shape index (κ3) is 4.50. The molecule has 1 fully saturated rings. The maximum atomic E-state index is 14.2. The molecule has 3 heterocycles. The molecule has 0 bridgehead atoms. The van der Waals surface area contributed by atoms with Crippen molar-refractivity contribution in [2.75, 3.05) is 18.5 Å². The van der Waals surface area contributed by atoms with E-state index in [4.69, 9.17) is 16.3 Å². The Bertz CT molecular complexity index is 1070. The topological polar surface area (TPSA) is 128 Å². The number of hydrogen-bond donors (Lipinski definition) is 3. The highest BCUT2D eigenvalue weighted by molar-refractivity contribution is 5.69. The Hall–Kier alpha value is -3.63. The summed E-state index contributed by atoms with van der Waals surface area (Å²) in [4.78, 5) is 17.1. The molecule has 2 aromatic heterocycles. The average Bonchev–Trinajstić information content (AvgIpc) is 2.66. The van der Waals surface area contributed by atoms with Crippen molar-refractivity contribution in [3.63, 3.8) is 0 Å². The second-order valence-corrected chi connectivity index (χ2v) is 6.85. The molecule has 1 aliphatic heterocycles. The lowest BCUT2D eigenvalue weighted by atomic mass is 10.1. The summed E-state index contributed by atoms with van der Waals surface area (Å²) in [5.74, 6) is 6.56. The second-order valence-electron chi connectivity index (χ2n) is 6.85. The van der Waals surface area contributed by atoms with Gasteiger partial charge in [-0.2, -0.15) is 0 Å². The minimum atomic E-state index is -0.443. The molecule has 9 nitrogen and oxygen atoms in total. The summed E-state index contributed by atoms with van der Waals surface area (Å²) >= 11 is 0. The quantitative estimate of drug-likeness (QED) is 0.414. The van der Waals surface area contributed by atoms with Crippen LogP contribution in [0.3, 0.4) is 0 Å². The normalized spacial score (nSPS) is 14.3. The summed E-state index contributed by atoms with van der Waals surface area (Å²) in [6.07, 6.45) is 6.36. The lowest BCUT2D eigenvalue weighted by Gasteiger charge is -2.33. The number of nitrogens with zero attached hydrogens (tertiary/aromatic N) is 5. The van der Waals surface area contributed by atoms with Crippen LogP contribution in [0.25, 0.3) is 17.1 Å². The van der Waals surface area contributed by atoms with E-state index in [1.54, 1.807) is 43.8 Å². The number of hydrazine groups is 1. The molecular weight excluding hydrogens is 387 g/mol. The number of halogens is 1. The Morgan fingerprint density at radius 3 is 2.73 bits per heavy atom. The smallest absolute Gasteiger partial charge is 0.134 e. The van der Waals surface area contributed by atoms with Gasteiger partial charge in [0.2, 0.25) is 0 Å². The van der Waals surface area contributed by atoms with E-state index in [9.17, 15) is 4.39 Å². The number of hydrogen-bond acceptors (Lipinski definition) is 9. The Kier molecular flexibility index (Phi) is 5.50. The molecule has 10 heteroatoms. The van der Waals surface area contributed by atoms with Crippen molar-refractivity contribution in [3.8, 4) is 11.4 Å². The first-order valence-electron chi connectivity index (χ1n) is 9.26. The van der Waals surface area contributed by atoms with Crippen molar-refractivity contribution in [1.82, 2.24) is 24.9 Å². The molecular formula is C20H21FN8O. The first-order chi connectivity index (χ1) is 14.5. The third-order valence-corrected chi connectivity index (χ3v) is 4.50. The minimum absolute atomic E-state index is 0.0678. The molecule has 0 unspecified atom stereocenters. The zero-order chi connectivity index (χ0) is 21.1. The molecule has 0 spiro atoms. The minimum Gasteiger partial charge on any atom is -0.397 e. The highest BCUT2D eigenvalue weighted by atomic mass is 19.1. The molecule has 0 amide bonds. The van der Waals surface area contributed by atoms with Gasteiger partial charge in [-0.15, -0.1) is 0 Å². The number of nitrogens with two attached hydrogens (primary N) is 2. The van der Waals surface area contributed by atoms with E-state index in [1.165, 1.54) is 17.1 Å². The summed E-state index contributed by atoms with van der Waals surface area (Å²) < 4.78 is 19.4. The lowest BCUT2D eigenvalue weighted by Crippen LogP contribution is -2.50. The van der Waals surface area contributed by atoms with E-state index in [0.717, 1.165) is 0 Å². The highest BCUT2D eigenvalue weighted by Gasteiger charge is 2.22.